The van der Waals surface area contributed by atoms with Crippen LogP contribution < -0.4 is 10.6 Å². The summed E-state index contributed by atoms with van der Waals surface area (Å²) in [5.74, 6) is -1.27. The molecule has 0 saturated heterocycles. The zero-order valence-corrected chi connectivity index (χ0v) is 11.4. The lowest BCUT2D eigenvalue weighted by Gasteiger charge is -2.14. The number of urea groups is 1. The lowest BCUT2D eigenvalue weighted by Crippen LogP contribution is -2.46. The third-order valence-corrected chi connectivity index (χ3v) is 3.15. The van der Waals surface area contributed by atoms with Gasteiger partial charge in [-0.05, 0) is 6.42 Å². The standard InChI is InChI=1S/C10H20N2O5S/c1-3-4-5-8(9(13)14)12-10(15)11-6-7-18(2,16)17/h8H,3-7H2,1-2H3,(H,13,14)(H2,11,12,15)/t8-/m0/s1. The summed E-state index contributed by atoms with van der Waals surface area (Å²) in [4.78, 5) is 22.2. The van der Waals surface area contributed by atoms with Crippen molar-refractivity contribution in [3.63, 3.8) is 0 Å². The first-order valence-corrected chi connectivity index (χ1v) is 7.77. The van der Waals surface area contributed by atoms with Gasteiger partial charge in [-0.3, -0.25) is 0 Å². The Morgan fingerprint density at radius 1 is 1.33 bits per heavy atom. The second kappa shape index (κ2) is 7.91. The molecule has 0 aliphatic rings. The van der Waals surface area contributed by atoms with Crippen molar-refractivity contribution in [2.75, 3.05) is 18.6 Å². The van der Waals surface area contributed by atoms with Crippen LogP contribution in [0.1, 0.15) is 26.2 Å². The molecule has 3 N–H and O–H groups in total. The molecule has 0 aliphatic carbocycles. The SMILES string of the molecule is CCCC[C@H](NC(=O)NCCS(C)(=O)=O)C(=O)O. The fourth-order valence-corrected chi connectivity index (χ4v) is 1.70. The minimum absolute atomic E-state index is 0.0369. The molecule has 0 aromatic rings. The van der Waals surface area contributed by atoms with Crippen molar-refractivity contribution in [3.05, 3.63) is 0 Å². The minimum Gasteiger partial charge on any atom is -0.480 e. The summed E-state index contributed by atoms with van der Waals surface area (Å²) in [6.07, 6.45) is 2.95. The fraction of sp³-hybridized carbons (Fsp3) is 0.800. The van der Waals surface area contributed by atoms with Gasteiger partial charge in [0.25, 0.3) is 0 Å². The van der Waals surface area contributed by atoms with Crippen LogP contribution in [0.5, 0.6) is 0 Å². The summed E-state index contributed by atoms with van der Waals surface area (Å²) in [7, 11) is -3.14. The predicted molar refractivity (Wildman–Crippen MR) is 67.2 cm³/mol. The molecule has 0 heterocycles. The molecule has 106 valence electrons. The van der Waals surface area contributed by atoms with Crippen molar-refractivity contribution >= 4 is 21.8 Å². The van der Waals surface area contributed by atoms with Crippen molar-refractivity contribution in [2.45, 2.75) is 32.2 Å². The molecular weight excluding hydrogens is 260 g/mol. The molecule has 8 heteroatoms. The normalized spacial score (nSPS) is 12.8. The predicted octanol–water partition coefficient (Wildman–Crippen LogP) is -0.0264. The lowest BCUT2D eigenvalue weighted by molar-refractivity contribution is -0.139. The molecule has 0 aromatic carbocycles. The Morgan fingerprint density at radius 2 is 1.94 bits per heavy atom. The Morgan fingerprint density at radius 3 is 2.39 bits per heavy atom. The fourth-order valence-electron chi connectivity index (χ4n) is 1.22. The lowest BCUT2D eigenvalue weighted by atomic mass is 10.1. The molecular formula is C10H20N2O5S. The highest BCUT2D eigenvalue weighted by molar-refractivity contribution is 7.90. The van der Waals surface area contributed by atoms with Crippen LogP contribution in [0.3, 0.4) is 0 Å². The molecule has 0 unspecified atom stereocenters. The highest BCUT2D eigenvalue weighted by Crippen LogP contribution is 2.00. The van der Waals surface area contributed by atoms with E-state index in [0.29, 0.717) is 12.8 Å². The third-order valence-electron chi connectivity index (χ3n) is 2.21. The Hall–Kier alpha value is -1.31. The molecule has 2 amide bonds. The van der Waals surface area contributed by atoms with Crippen molar-refractivity contribution in [2.24, 2.45) is 0 Å². The van der Waals surface area contributed by atoms with Crippen LogP contribution in [-0.4, -0.2) is 50.1 Å². The number of nitrogens with one attached hydrogen (secondary N) is 2. The second-order valence-corrected chi connectivity index (χ2v) is 6.32. The van der Waals surface area contributed by atoms with Crippen LogP contribution in [-0.2, 0) is 14.6 Å². The number of aliphatic carboxylic acids is 1. The summed E-state index contributed by atoms with van der Waals surface area (Å²) < 4.78 is 21.6. The first-order valence-electron chi connectivity index (χ1n) is 5.71. The maximum Gasteiger partial charge on any atom is 0.326 e. The minimum atomic E-state index is -3.14. The Kier molecular flexibility index (Phi) is 7.33. The number of carbonyl (C=O) groups is 2. The van der Waals surface area contributed by atoms with Crippen LogP contribution in [0.15, 0.2) is 0 Å². The number of amides is 2. The van der Waals surface area contributed by atoms with Crippen molar-refractivity contribution in [3.8, 4) is 0 Å². The number of hydrogen-bond donors (Lipinski definition) is 3. The number of carboxylic acids is 1. The van der Waals surface area contributed by atoms with E-state index in [1.165, 1.54) is 0 Å². The zero-order valence-electron chi connectivity index (χ0n) is 10.6. The quantitative estimate of drug-likeness (QED) is 0.578. The van der Waals surface area contributed by atoms with Gasteiger partial charge in [0.2, 0.25) is 0 Å². The average Bonchev–Trinajstić information content (AvgIpc) is 2.21. The highest BCUT2D eigenvalue weighted by atomic mass is 32.2. The van der Waals surface area contributed by atoms with Crippen molar-refractivity contribution in [1.29, 1.82) is 0 Å². The Balaban J connectivity index is 4.06. The first-order chi connectivity index (χ1) is 8.26. The van der Waals surface area contributed by atoms with Gasteiger partial charge in [0.1, 0.15) is 15.9 Å². The number of hydrogen-bond acceptors (Lipinski definition) is 4. The van der Waals surface area contributed by atoms with Gasteiger partial charge in [0.15, 0.2) is 0 Å². The molecule has 1 atom stereocenters. The zero-order chi connectivity index (χ0) is 14.2. The monoisotopic (exact) mass is 280 g/mol. The molecule has 0 spiro atoms. The average molecular weight is 280 g/mol. The number of sulfone groups is 1. The van der Waals surface area contributed by atoms with Gasteiger partial charge in [-0.25, -0.2) is 18.0 Å². The van der Waals surface area contributed by atoms with Gasteiger partial charge in [0.05, 0.1) is 5.75 Å². The van der Waals surface area contributed by atoms with Gasteiger partial charge in [0, 0.05) is 12.8 Å². The Bertz CT molecular complexity index is 380. The van der Waals surface area contributed by atoms with Crippen LogP contribution >= 0.6 is 0 Å². The van der Waals surface area contributed by atoms with E-state index in [9.17, 15) is 18.0 Å². The molecule has 0 aliphatic heterocycles. The van der Waals surface area contributed by atoms with Crippen LogP contribution in [0.25, 0.3) is 0 Å². The number of rotatable bonds is 8. The molecule has 7 nitrogen and oxygen atoms in total. The van der Waals surface area contributed by atoms with Gasteiger partial charge in [-0.15, -0.1) is 0 Å². The molecule has 0 fully saturated rings. The molecule has 0 aromatic heterocycles. The van der Waals surface area contributed by atoms with Crippen LogP contribution in [0.4, 0.5) is 4.79 Å². The second-order valence-electron chi connectivity index (χ2n) is 4.06. The summed E-state index contributed by atoms with van der Waals surface area (Å²) in [6.45, 7) is 1.88. The van der Waals surface area contributed by atoms with E-state index in [1.54, 1.807) is 0 Å². The Labute approximate surface area is 107 Å². The van der Waals surface area contributed by atoms with E-state index in [1.807, 2.05) is 6.92 Å². The summed E-state index contributed by atoms with van der Waals surface area (Å²) in [6, 6.07) is -1.61. The van der Waals surface area contributed by atoms with E-state index in [0.717, 1.165) is 12.7 Å². The van der Waals surface area contributed by atoms with E-state index >= 15 is 0 Å². The molecule has 0 rings (SSSR count). The van der Waals surface area contributed by atoms with Gasteiger partial charge in [-0.2, -0.15) is 0 Å². The topological polar surface area (TPSA) is 113 Å². The van der Waals surface area contributed by atoms with Gasteiger partial charge >= 0.3 is 12.0 Å². The number of carboxylic acid groups (broad SMARTS) is 1. The number of unbranched alkanes of at least 4 members (excludes halogenated alkanes) is 1. The van der Waals surface area contributed by atoms with E-state index in [-0.39, 0.29) is 12.3 Å². The van der Waals surface area contributed by atoms with E-state index in [2.05, 4.69) is 10.6 Å². The molecule has 18 heavy (non-hydrogen) atoms. The van der Waals surface area contributed by atoms with Crippen LogP contribution in [0, 0.1) is 0 Å². The summed E-state index contributed by atoms with van der Waals surface area (Å²) >= 11 is 0. The van der Waals surface area contributed by atoms with E-state index in [4.69, 9.17) is 5.11 Å². The maximum atomic E-state index is 11.3. The van der Waals surface area contributed by atoms with Crippen molar-refractivity contribution in [1.82, 2.24) is 10.6 Å². The summed E-state index contributed by atoms with van der Waals surface area (Å²) in [5.41, 5.74) is 0. The highest BCUT2D eigenvalue weighted by Gasteiger charge is 2.18. The van der Waals surface area contributed by atoms with Gasteiger partial charge in [-0.1, -0.05) is 19.8 Å². The number of carbonyl (C=O) groups excluding carboxylic acids is 1. The van der Waals surface area contributed by atoms with Gasteiger partial charge < -0.3 is 15.7 Å². The summed E-state index contributed by atoms with van der Waals surface area (Å²) in [5, 5.41) is 13.5. The largest absolute Gasteiger partial charge is 0.480 e. The first kappa shape index (κ1) is 16.7. The molecule has 0 saturated carbocycles. The van der Waals surface area contributed by atoms with E-state index < -0.39 is 27.9 Å². The molecule has 0 radical (unpaired) electrons. The molecule has 0 bridgehead atoms. The van der Waals surface area contributed by atoms with Crippen LogP contribution in [0.2, 0.25) is 0 Å². The third kappa shape index (κ3) is 8.80. The smallest absolute Gasteiger partial charge is 0.326 e. The maximum absolute atomic E-state index is 11.3. The van der Waals surface area contributed by atoms with Crippen molar-refractivity contribution < 1.29 is 23.1 Å².